The minimum absolute atomic E-state index is 0.123. The molecule has 1 rings (SSSR count). The topological polar surface area (TPSA) is 0 Å². The van der Waals surface area contributed by atoms with Crippen molar-refractivity contribution >= 4 is 23.3 Å². The van der Waals surface area contributed by atoms with E-state index < -0.39 is 0 Å². The van der Waals surface area contributed by atoms with Gasteiger partial charge in [0.25, 0.3) is 0 Å². The van der Waals surface area contributed by atoms with Crippen molar-refractivity contribution in [3.8, 4) is 0 Å². The molecule has 0 bridgehead atoms. The summed E-state index contributed by atoms with van der Waals surface area (Å²) < 4.78 is 0. The number of rotatable bonds is 2. The maximum absolute atomic E-state index is 2.38. The molecule has 0 nitrogen and oxygen atoms in total. The first-order chi connectivity index (χ1) is 5.58. The van der Waals surface area contributed by atoms with Crippen LogP contribution in [0, 0.1) is 0 Å². The average molecular weight is 194 g/mol. The van der Waals surface area contributed by atoms with Gasteiger partial charge in [0.2, 0.25) is 0 Å². The summed E-state index contributed by atoms with van der Waals surface area (Å²) in [4.78, 5) is 0. The maximum Gasteiger partial charge on any atom is 0.0429 e. The summed E-state index contributed by atoms with van der Waals surface area (Å²) in [7, 11) is 0.314. The standard InChI is InChI=1S/C10H18Si2/c1-10(2,3)12-11-9-7-5-4-6-8-9/h4-8H,11-12H2,1-3H3. The van der Waals surface area contributed by atoms with E-state index in [2.05, 4.69) is 51.1 Å². The van der Waals surface area contributed by atoms with Crippen molar-refractivity contribution < 1.29 is 0 Å². The molecule has 0 aliphatic heterocycles. The zero-order valence-corrected chi connectivity index (χ0v) is 11.1. The Bertz CT molecular complexity index is 223. The molecule has 0 fully saturated rings. The van der Waals surface area contributed by atoms with E-state index in [-0.39, 0.29) is 18.1 Å². The Morgan fingerprint density at radius 2 is 1.58 bits per heavy atom. The smallest absolute Gasteiger partial charge is 0.0429 e. The zero-order chi connectivity index (χ0) is 9.03. The van der Waals surface area contributed by atoms with Crippen LogP contribution in [0.1, 0.15) is 20.8 Å². The summed E-state index contributed by atoms with van der Waals surface area (Å²) in [6.45, 7) is 7.15. The second-order valence-electron chi connectivity index (χ2n) is 4.55. The lowest BCUT2D eigenvalue weighted by molar-refractivity contribution is 0.763. The first kappa shape index (κ1) is 9.74. The summed E-state index contributed by atoms with van der Waals surface area (Å²) in [5.74, 6) is 0. The molecule has 1 aromatic rings. The highest BCUT2D eigenvalue weighted by Crippen LogP contribution is 2.18. The first-order valence-electron chi connectivity index (χ1n) is 4.62. The lowest BCUT2D eigenvalue weighted by Crippen LogP contribution is -2.26. The molecule has 0 radical (unpaired) electrons. The van der Waals surface area contributed by atoms with Gasteiger partial charge in [-0.05, 0) is 0 Å². The van der Waals surface area contributed by atoms with E-state index in [0.717, 1.165) is 0 Å². The third-order valence-corrected chi connectivity index (χ3v) is 11.8. The number of hydrogen-bond acceptors (Lipinski definition) is 0. The van der Waals surface area contributed by atoms with Gasteiger partial charge >= 0.3 is 0 Å². The molecule has 66 valence electrons. The highest BCUT2D eigenvalue weighted by molar-refractivity contribution is 7.08. The fourth-order valence-corrected chi connectivity index (χ4v) is 6.92. The van der Waals surface area contributed by atoms with E-state index in [0.29, 0.717) is 5.04 Å². The molecule has 0 aromatic heterocycles. The predicted molar refractivity (Wildman–Crippen MR) is 62.9 cm³/mol. The second kappa shape index (κ2) is 4.05. The summed E-state index contributed by atoms with van der Waals surface area (Å²) in [6.07, 6.45) is 0. The molecule has 0 aliphatic carbocycles. The second-order valence-corrected chi connectivity index (χ2v) is 11.5. The van der Waals surface area contributed by atoms with Crippen LogP contribution in [0.3, 0.4) is 0 Å². The van der Waals surface area contributed by atoms with Crippen molar-refractivity contribution in [1.82, 2.24) is 0 Å². The van der Waals surface area contributed by atoms with Gasteiger partial charge < -0.3 is 0 Å². The van der Waals surface area contributed by atoms with Gasteiger partial charge in [0.1, 0.15) is 0 Å². The summed E-state index contributed by atoms with van der Waals surface area (Å²) in [5, 5.41) is 2.31. The summed E-state index contributed by atoms with van der Waals surface area (Å²) in [5.41, 5.74) is 0. The average Bonchev–Trinajstić information content (AvgIpc) is 2.02. The molecular weight excluding hydrogens is 176 g/mol. The van der Waals surface area contributed by atoms with Gasteiger partial charge in [-0.2, -0.15) is 0 Å². The minimum Gasteiger partial charge on any atom is -0.0701 e. The van der Waals surface area contributed by atoms with Gasteiger partial charge in [-0.3, -0.25) is 0 Å². The Morgan fingerprint density at radius 1 is 1.00 bits per heavy atom. The molecular formula is C10H18Si2. The van der Waals surface area contributed by atoms with Crippen molar-refractivity contribution in [2.45, 2.75) is 25.8 Å². The van der Waals surface area contributed by atoms with Crippen molar-refractivity contribution in [2.24, 2.45) is 0 Å². The highest BCUT2D eigenvalue weighted by atomic mass is 29.1. The Balaban J connectivity index is 2.44. The molecule has 0 saturated heterocycles. The molecule has 2 heteroatoms. The van der Waals surface area contributed by atoms with Gasteiger partial charge in [-0.1, -0.05) is 61.3 Å². The maximum atomic E-state index is 2.38. The summed E-state index contributed by atoms with van der Waals surface area (Å²) >= 11 is 0. The molecule has 0 N–H and O–H groups in total. The molecule has 0 saturated carbocycles. The third kappa shape index (κ3) is 3.88. The monoisotopic (exact) mass is 194 g/mol. The van der Waals surface area contributed by atoms with Gasteiger partial charge in [0.05, 0.1) is 0 Å². The normalized spacial score (nSPS) is 13.6. The quantitative estimate of drug-likeness (QED) is 0.611. The van der Waals surface area contributed by atoms with E-state index in [1.807, 2.05) is 0 Å². The van der Waals surface area contributed by atoms with E-state index in [1.54, 1.807) is 5.19 Å². The van der Waals surface area contributed by atoms with Crippen LogP contribution < -0.4 is 5.19 Å². The fraction of sp³-hybridized carbons (Fsp3) is 0.400. The van der Waals surface area contributed by atoms with Crippen LogP contribution in [-0.4, -0.2) is 18.1 Å². The molecule has 0 heterocycles. The van der Waals surface area contributed by atoms with Crippen molar-refractivity contribution in [2.75, 3.05) is 0 Å². The lowest BCUT2D eigenvalue weighted by Gasteiger charge is -2.16. The fourth-order valence-electron chi connectivity index (χ4n) is 1.16. The van der Waals surface area contributed by atoms with Crippen LogP contribution in [-0.2, 0) is 0 Å². The molecule has 1 aromatic carbocycles. The molecule has 0 aliphatic rings. The van der Waals surface area contributed by atoms with Crippen LogP contribution in [0.15, 0.2) is 30.3 Å². The summed E-state index contributed by atoms with van der Waals surface area (Å²) in [6, 6.07) is 11.0. The Kier molecular flexibility index (Phi) is 3.29. The largest absolute Gasteiger partial charge is 0.0701 e. The minimum atomic E-state index is 0.123. The predicted octanol–water partition coefficient (Wildman–Crippen LogP) is 0.783. The van der Waals surface area contributed by atoms with Gasteiger partial charge in [0, 0.05) is 18.1 Å². The van der Waals surface area contributed by atoms with E-state index >= 15 is 0 Å². The van der Waals surface area contributed by atoms with E-state index in [9.17, 15) is 0 Å². The van der Waals surface area contributed by atoms with Crippen LogP contribution in [0.5, 0.6) is 0 Å². The Labute approximate surface area is 79.8 Å². The van der Waals surface area contributed by atoms with Crippen LogP contribution in [0.25, 0.3) is 0 Å². The van der Waals surface area contributed by atoms with Crippen LogP contribution >= 0.6 is 0 Å². The molecule has 0 amide bonds. The van der Waals surface area contributed by atoms with Crippen molar-refractivity contribution in [3.05, 3.63) is 30.3 Å². The van der Waals surface area contributed by atoms with Crippen molar-refractivity contribution in [1.29, 1.82) is 0 Å². The third-order valence-electron chi connectivity index (χ3n) is 2.01. The van der Waals surface area contributed by atoms with E-state index in [4.69, 9.17) is 0 Å². The molecule has 12 heavy (non-hydrogen) atoms. The van der Waals surface area contributed by atoms with E-state index in [1.165, 1.54) is 0 Å². The van der Waals surface area contributed by atoms with Crippen LogP contribution in [0.4, 0.5) is 0 Å². The SMILES string of the molecule is CC(C)(C)[SiH2][SiH2]c1ccccc1. The number of hydrogen-bond donors (Lipinski definition) is 0. The molecule has 0 unspecified atom stereocenters. The molecule has 0 spiro atoms. The van der Waals surface area contributed by atoms with Gasteiger partial charge in [-0.25, -0.2) is 0 Å². The first-order valence-corrected chi connectivity index (χ1v) is 10.0. The van der Waals surface area contributed by atoms with Gasteiger partial charge in [0.15, 0.2) is 0 Å². The Hall–Kier alpha value is -0.346. The highest BCUT2D eigenvalue weighted by Gasteiger charge is 2.10. The lowest BCUT2D eigenvalue weighted by atomic mass is 10.3. The number of benzene rings is 1. The van der Waals surface area contributed by atoms with Gasteiger partial charge in [-0.15, -0.1) is 0 Å². The molecule has 0 atom stereocenters. The van der Waals surface area contributed by atoms with Crippen molar-refractivity contribution in [3.63, 3.8) is 0 Å². The Morgan fingerprint density at radius 3 is 2.08 bits per heavy atom. The van der Waals surface area contributed by atoms with Crippen LogP contribution in [0.2, 0.25) is 5.04 Å². The zero-order valence-electron chi connectivity index (χ0n) is 8.30.